The van der Waals surface area contributed by atoms with Gasteiger partial charge in [0.2, 0.25) is 5.89 Å². The summed E-state index contributed by atoms with van der Waals surface area (Å²) in [4.78, 5) is 4.59. The van der Waals surface area contributed by atoms with Crippen LogP contribution < -0.4 is 0 Å². The quantitative estimate of drug-likeness (QED) is 0.702. The Morgan fingerprint density at radius 2 is 2.16 bits per heavy atom. The van der Waals surface area contributed by atoms with Crippen LogP contribution in [0.3, 0.4) is 0 Å². The second kappa shape index (κ2) is 4.56. The van der Waals surface area contributed by atoms with Crippen molar-refractivity contribution in [1.29, 1.82) is 0 Å². The Labute approximate surface area is 113 Å². The number of aromatic nitrogens is 3. The average molecular weight is 273 g/mol. The predicted octanol–water partition coefficient (Wildman–Crippen LogP) is 2.67. The van der Waals surface area contributed by atoms with Crippen LogP contribution in [0.25, 0.3) is 10.9 Å². The van der Waals surface area contributed by atoms with Crippen LogP contribution in [-0.4, -0.2) is 20.3 Å². The number of fused-ring (bicyclic) bond motifs is 1. The zero-order valence-electron chi connectivity index (χ0n) is 10.1. The van der Waals surface area contributed by atoms with Gasteiger partial charge in [-0.25, -0.2) is 10.1 Å². The van der Waals surface area contributed by atoms with E-state index in [-0.39, 0.29) is 10.7 Å². The molecule has 1 unspecified atom stereocenters. The molecule has 1 aromatic carbocycles. The fourth-order valence-electron chi connectivity index (χ4n) is 1.99. The summed E-state index contributed by atoms with van der Waals surface area (Å²) in [7, 11) is 0. The van der Waals surface area contributed by atoms with Crippen molar-refractivity contribution in [2.24, 2.45) is 0 Å². The minimum atomic E-state index is -1.03. The van der Waals surface area contributed by atoms with Gasteiger partial charge in [0, 0.05) is 5.39 Å². The van der Waals surface area contributed by atoms with Crippen molar-refractivity contribution in [1.82, 2.24) is 15.2 Å². The molecule has 0 spiro atoms. The minimum Gasteiger partial charge on any atom is -0.411 e. The highest BCUT2D eigenvalue weighted by Gasteiger charge is 2.20. The fraction of sp³-hybridized carbons (Fsp3) is 0.154. The van der Waals surface area contributed by atoms with Gasteiger partial charge in [0.25, 0.3) is 4.84 Å². The van der Waals surface area contributed by atoms with Gasteiger partial charge in [-0.3, -0.25) is 0 Å². The third-order valence-electron chi connectivity index (χ3n) is 2.90. The van der Waals surface area contributed by atoms with Gasteiger partial charge in [-0.1, -0.05) is 18.2 Å². The third kappa shape index (κ3) is 2.16. The monoisotopic (exact) mass is 273 g/mol. The SMILES string of the molecule is Cc1cc2ccccc2nc1C(O)c1n[nH]c(=S)o1. The van der Waals surface area contributed by atoms with Gasteiger partial charge in [-0.2, -0.15) is 0 Å². The smallest absolute Gasteiger partial charge is 0.284 e. The number of aliphatic hydroxyl groups is 1. The molecule has 2 heterocycles. The maximum Gasteiger partial charge on any atom is 0.284 e. The topological polar surface area (TPSA) is 74.9 Å². The van der Waals surface area contributed by atoms with Crippen molar-refractivity contribution in [3.05, 3.63) is 52.3 Å². The van der Waals surface area contributed by atoms with Gasteiger partial charge >= 0.3 is 0 Å². The number of nitrogens with zero attached hydrogens (tertiary/aromatic N) is 2. The number of aryl methyl sites for hydroxylation is 1. The molecule has 0 aliphatic carbocycles. The minimum absolute atomic E-state index is 0.121. The molecule has 2 aromatic heterocycles. The van der Waals surface area contributed by atoms with Gasteiger partial charge in [-0.15, -0.1) is 5.10 Å². The molecule has 1 atom stereocenters. The molecule has 3 aromatic rings. The molecule has 0 aliphatic rings. The number of aliphatic hydroxyl groups excluding tert-OH is 1. The van der Waals surface area contributed by atoms with E-state index in [9.17, 15) is 5.11 Å². The summed E-state index contributed by atoms with van der Waals surface area (Å²) in [6, 6.07) is 9.70. The summed E-state index contributed by atoms with van der Waals surface area (Å²) in [6.07, 6.45) is -1.03. The van der Waals surface area contributed by atoms with Gasteiger partial charge < -0.3 is 9.52 Å². The standard InChI is InChI=1S/C13H11N3O2S/c1-7-6-8-4-2-3-5-9(8)14-10(7)11(17)12-15-16-13(19)18-12/h2-6,11,17H,1H3,(H,16,19). The van der Waals surface area contributed by atoms with Crippen LogP contribution in [-0.2, 0) is 0 Å². The first-order chi connectivity index (χ1) is 9.15. The van der Waals surface area contributed by atoms with Crippen LogP contribution in [0.15, 0.2) is 34.7 Å². The molecule has 0 amide bonds. The van der Waals surface area contributed by atoms with E-state index >= 15 is 0 Å². The number of rotatable bonds is 2. The molecule has 0 saturated carbocycles. The molecule has 19 heavy (non-hydrogen) atoms. The molecule has 0 bridgehead atoms. The van der Waals surface area contributed by atoms with Crippen LogP contribution in [0, 0.1) is 11.8 Å². The molecule has 3 rings (SSSR count). The first kappa shape index (κ1) is 12.0. The molecule has 96 valence electrons. The number of aromatic amines is 1. The van der Waals surface area contributed by atoms with E-state index in [4.69, 9.17) is 16.6 Å². The predicted molar refractivity (Wildman–Crippen MR) is 72.2 cm³/mol. The van der Waals surface area contributed by atoms with Crippen LogP contribution in [0.2, 0.25) is 0 Å². The van der Waals surface area contributed by atoms with Crippen LogP contribution in [0.1, 0.15) is 23.3 Å². The highest BCUT2D eigenvalue weighted by atomic mass is 32.1. The van der Waals surface area contributed by atoms with E-state index in [0.717, 1.165) is 16.5 Å². The number of para-hydroxylation sites is 1. The van der Waals surface area contributed by atoms with Crippen LogP contribution >= 0.6 is 12.2 Å². The summed E-state index contributed by atoms with van der Waals surface area (Å²) in [5.74, 6) is 0.121. The zero-order chi connectivity index (χ0) is 13.4. The number of hydrogen-bond acceptors (Lipinski definition) is 5. The van der Waals surface area contributed by atoms with Gasteiger partial charge in [0.05, 0.1) is 11.2 Å². The second-order valence-corrected chi connectivity index (χ2v) is 4.61. The summed E-state index contributed by atoms with van der Waals surface area (Å²) >= 11 is 4.80. The lowest BCUT2D eigenvalue weighted by molar-refractivity contribution is 0.177. The van der Waals surface area contributed by atoms with Crippen molar-refractivity contribution in [2.75, 3.05) is 0 Å². The van der Waals surface area contributed by atoms with Gasteiger partial charge in [-0.05, 0) is 36.8 Å². The Morgan fingerprint density at radius 1 is 1.37 bits per heavy atom. The van der Waals surface area contributed by atoms with E-state index in [0.29, 0.717) is 5.69 Å². The van der Waals surface area contributed by atoms with E-state index in [1.165, 1.54) is 0 Å². The van der Waals surface area contributed by atoms with E-state index < -0.39 is 6.10 Å². The Kier molecular flexibility index (Phi) is 2.88. The maximum atomic E-state index is 10.3. The van der Waals surface area contributed by atoms with Crippen molar-refractivity contribution < 1.29 is 9.52 Å². The molecule has 2 N–H and O–H groups in total. The Morgan fingerprint density at radius 3 is 2.89 bits per heavy atom. The zero-order valence-corrected chi connectivity index (χ0v) is 10.9. The molecule has 0 fully saturated rings. The molecule has 5 nitrogen and oxygen atoms in total. The first-order valence-corrected chi connectivity index (χ1v) is 6.16. The lowest BCUT2D eigenvalue weighted by Gasteiger charge is -2.10. The number of benzene rings is 1. The Hall–Kier alpha value is -2.05. The average Bonchev–Trinajstić information content (AvgIpc) is 2.84. The molecule has 0 saturated heterocycles. The summed E-state index contributed by atoms with van der Waals surface area (Å²) < 4.78 is 5.12. The van der Waals surface area contributed by atoms with E-state index in [2.05, 4.69) is 15.2 Å². The number of H-pyrrole nitrogens is 1. The molecule has 6 heteroatoms. The van der Waals surface area contributed by atoms with Crippen LogP contribution in [0.4, 0.5) is 0 Å². The summed E-state index contributed by atoms with van der Waals surface area (Å²) in [5, 5.41) is 17.6. The highest BCUT2D eigenvalue weighted by Crippen LogP contribution is 2.24. The number of pyridine rings is 1. The lowest BCUT2D eigenvalue weighted by Crippen LogP contribution is -2.05. The molecule has 0 aliphatic heterocycles. The highest BCUT2D eigenvalue weighted by molar-refractivity contribution is 7.71. The van der Waals surface area contributed by atoms with Crippen molar-refractivity contribution in [3.63, 3.8) is 0 Å². The Balaban J connectivity index is 2.14. The van der Waals surface area contributed by atoms with Crippen LogP contribution in [0.5, 0.6) is 0 Å². The van der Waals surface area contributed by atoms with Crippen molar-refractivity contribution in [3.8, 4) is 0 Å². The Bertz CT molecular complexity index is 794. The summed E-state index contributed by atoms with van der Waals surface area (Å²) in [5.41, 5.74) is 2.20. The number of nitrogens with one attached hydrogen (secondary N) is 1. The van der Waals surface area contributed by atoms with E-state index in [1.807, 2.05) is 37.3 Å². The fourth-order valence-corrected chi connectivity index (χ4v) is 2.12. The van der Waals surface area contributed by atoms with Crippen molar-refractivity contribution in [2.45, 2.75) is 13.0 Å². The molecular formula is C13H11N3O2S. The maximum absolute atomic E-state index is 10.3. The third-order valence-corrected chi connectivity index (χ3v) is 3.08. The van der Waals surface area contributed by atoms with Gasteiger partial charge in [0.15, 0.2) is 6.10 Å². The molecule has 0 radical (unpaired) electrons. The van der Waals surface area contributed by atoms with Gasteiger partial charge in [0.1, 0.15) is 0 Å². The lowest BCUT2D eigenvalue weighted by atomic mass is 10.1. The first-order valence-electron chi connectivity index (χ1n) is 5.75. The second-order valence-electron chi connectivity index (χ2n) is 4.24. The summed E-state index contributed by atoms with van der Waals surface area (Å²) in [6.45, 7) is 1.89. The van der Waals surface area contributed by atoms with E-state index in [1.54, 1.807) is 0 Å². The number of hydrogen-bond donors (Lipinski definition) is 2. The molecular weight excluding hydrogens is 262 g/mol. The normalized spacial score (nSPS) is 12.7. The largest absolute Gasteiger partial charge is 0.411 e. The van der Waals surface area contributed by atoms with Crippen molar-refractivity contribution >= 4 is 23.1 Å².